The fraction of sp³-hybridized carbons (Fsp3) is 0.192. The number of carbonyl (C=O) groups is 1. The van der Waals surface area contributed by atoms with Gasteiger partial charge in [0.25, 0.3) is 17.3 Å². The summed E-state index contributed by atoms with van der Waals surface area (Å²) in [5, 5.41) is 34.5. The molecule has 0 saturated carbocycles. The van der Waals surface area contributed by atoms with Crippen molar-refractivity contribution in [3.63, 3.8) is 0 Å². The number of rotatable bonds is 9. The van der Waals surface area contributed by atoms with E-state index in [9.17, 15) is 25.0 Å². The fourth-order valence-corrected chi connectivity index (χ4v) is 4.76. The first-order chi connectivity index (χ1) is 18.1. The van der Waals surface area contributed by atoms with Gasteiger partial charge >= 0.3 is 0 Å². The lowest BCUT2D eigenvalue weighted by molar-refractivity contribution is -0.385. The predicted molar refractivity (Wildman–Crippen MR) is 142 cm³/mol. The van der Waals surface area contributed by atoms with Crippen LogP contribution in [-0.4, -0.2) is 30.5 Å². The number of nitro groups is 2. The van der Waals surface area contributed by atoms with Crippen molar-refractivity contribution in [2.24, 2.45) is 0 Å². The smallest absolute Gasteiger partial charge is 0.273 e. The van der Waals surface area contributed by atoms with Gasteiger partial charge in [0.1, 0.15) is 0 Å². The van der Waals surface area contributed by atoms with Crippen LogP contribution in [0, 0.1) is 34.1 Å². The van der Waals surface area contributed by atoms with Gasteiger partial charge in [-0.05, 0) is 44.5 Å². The van der Waals surface area contributed by atoms with Crippen LogP contribution >= 0.6 is 11.8 Å². The molecule has 12 heteroatoms. The molecule has 1 atom stereocenters. The summed E-state index contributed by atoms with van der Waals surface area (Å²) in [6, 6.07) is 17.7. The monoisotopic (exact) mass is 532 g/mol. The van der Waals surface area contributed by atoms with Crippen LogP contribution in [0.4, 0.5) is 11.4 Å². The molecule has 1 heterocycles. The quantitative estimate of drug-likeness (QED) is 0.169. The average molecular weight is 533 g/mol. The van der Waals surface area contributed by atoms with E-state index < -0.39 is 21.8 Å². The van der Waals surface area contributed by atoms with Gasteiger partial charge in [0.15, 0.2) is 11.0 Å². The van der Waals surface area contributed by atoms with Gasteiger partial charge < -0.3 is 5.32 Å². The molecule has 4 aromatic rings. The molecule has 4 rings (SSSR count). The second kappa shape index (κ2) is 11.2. The topological polar surface area (TPSA) is 146 Å². The summed E-state index contributed by atoms with van der Waals surface area (Å²) in [5.74, 6) is 0.508. The van der Waals surface area contributed by atoms with Crippen molar-refractivity contribution in [3.05, 3.63) is 115 Å². The minimum atomic E-state index is -0.640. The molecule has 3 aromatic carbocycles. The molecule has 1 amide bonds. The lowest BCUT2D eigenvalue weighted by Gasteiger charge is -2.16. The van der Waals surface area contributed by atoms with Crippen LogP contribution in [0.25, 0.3) is 5.69 Å². The van der Waals surface area contributed by atoms with Gasteiger partial charge in [-0.1, -0.05) is 47.7 Å². The molecule has 11 nitrogen and oxygen atoms in total. The van der Waals surface area contributed by atoms with E-state index in [4.69, 9.17) is 0 Å². The van der Waals surface area contributed by atoms with Crippen LogP contribution in [0.5, 0.6) is 0 Å². The zero-order valence-corrected chi connectivity index (χ0v) is 21.6. The number of non-ortho nitro benzene ring substituents is 1. The van der Waals surface area contributed by atoms with Gasteiger partial charge in [-0.25, -0.2) is 0 Å². The molecule has 0 radical (unpaired) electrons. The van der Waals surface area contributed by atoms with E-state index in [-0.39, 0.29) is 16.9 Å². The number of aromatic nitrogens is 3. The van der Waals surface area contributed by atoms with Crippen molar-refractivity contribution in [2.45, 2.75) is 37.7 Å². The maximum Gasteiger partial charge on any atom is 0.273 e. The summed E-state index contributed by atoms with van der Waals surface area (Å²) in [5.41, 5.74) is 3.21. The normalized spacial score (nSPS) is 11.7. The number of amides is 1. The number of benzene rings is 3. The summed E-state index contributed by atoms with van der Waals surface area (Å²) >= 11 is 1.44. The van der Waals surface area contributed by atoms with Crippen LogP contribution in [0.2, 0.25) is 0 Å². The Kier molecular flexibility index (Phi) is 7.82. The number of carbonyl (C=O) groups excluding carboxylic acids is 1. The Labute approximate surface area is 222 Å². The van der Waals surface area contributed by atoms with E-state index in [0.717, 1.165) is 11.1 Å². The standard InChI is InChI=1S/C26H24N6O5S/c1-16-5-4-6-19(13-16)15-38-26-29-28-24(30(26)21-9-11-22(12-10-21)31(34)35)18(3)27-25(33)20-8-7-17(2)23(14-20)32(36)37/h4-14,18H,15H2,1-3H3,(H,27,33)/t18-/m1/s1. The number of nitrogens with one attached hydrogen (secondary N) is 1. The van der Waals surface area contributed by atoms with Gasteiger partial charge in [0.2, 0.25) is 0 Å². The molecule has 0 spiro atoms. The number of hydrogen-bond acceptors (Lipinski definition) is 8. The molecule has 0 aliphatic heterocycles. The lowest BCUT2D eigenvalue weighted by Crippen LogP contribution is -2.28. The first kappa shape index (κ1) is 26.5. The van der Waals surface area contributed by atoms with Crippen molar-refractivity contribution in [1.29, 1.82) is 0 Å². The van der Waals surface area contributed by atoms with Crippen LogP contribution in [0.3, 0.4) is 0 Å². The maximum absolute atomic E-state index is 13.0. The van der Waals surface area contributed by atoms with E-state index >= 15 is 0 Å². The number of nitrogens with zero attached hydrogens (tertiary/aromatic N) is 5. The minimum absolute atomic E-state index is 0.0559. The van der Waals surface area contributed by atoms with Gasteiger partial charge in [-0.3, -0.25) is 29.6 Å². The van der Waals surface area contributed by atoms with E-state index in [0.29, 0.717) is 28.0 Å². The maximum atomic E-state index is 13.0. The molecule has 0 unspecified atom stereocenters. The summed E-state index contributed by atoms with van der Waals surface area (Å²) in [4.78, 5) is 34.4. The highest BCUT2D eigenvalue weighted by atomic mass is 32.2. The Bertz CT molecular complexity index is 1520. The molecule has 0 fully saturated rings. The molecule has 0 aliphatic carbocycles. The molecule has 0 bridgehead atoms. The van der Waals surface area contributed by atoms with Crippen molar-refractivity contribution in [2.75, 3.05) is 0 Å². The lowest BCUT2D eigenvalue weighted by atomic mass is 10.1. The van der Waals surface area contributed by atoms with E-state index in [1.165, 1.54) is 42.1 Å². The van der Waals surface area contributed by atoms with Crippen molar-refractivity contribution in [3.8, 4) is 5.69 Å². The molecule has 1 aromatic heterocycles. The Morgan fingerprint density at radius 1 is 1.00 bits per heavy atom. The zero-order valence-electron chi connectivity index (χ0n) is 20.8. The number of nitro benzene ring substituents is 2. The molecule has 194 valence electrons. The second-order valence-corrected chi connectivity index (χ2v) is 9.62. The molecular weight excluding hydrogens is 508 g/mol. The highest BCUT2D eigenvalue weighted by Gasteiger charge is 2.23. The van der Waals surface area contributed by atoms with E-state index in [1.54, 1.807) is 30.5 Å². The van der Waals surface area contributed by atoms with Crippen LogP contribution < -0.4 is 5.32 Å². The van der Waals surface area contributed by atoms with Crippen LogP contribution in [-0.2, 0) is 5.75 Å². The summed E-state index contributed by atoms with van der Waals surface area (Å²) < 4.78 is 1.74. The molecular formula is C26H24N6O5S. The molecule has 0 saturated heterocycles. The van der Waals surface area contributed by atoms with Crippen LogP contribution in [0.15, 0.2) is 71.9 Å². The predicted octanol–water partition coefficient (Wildman–Crippen LogP) is 5.48. The van der Waals surface area contributed by atoms with Crippen molar-refractivity contribution >= 4 is 29.0 Å². The highest BCUT2D eigenvalue weighted by molar-refractivity contribution is 7.98. The summed E-state index contributed by atoms with van der Waals surface area (Å²) in [6.45, 7) is 5.34. The molecule has 1 N–H and O–H groups in total. The van der Waals surface area contributed by atoms with Gasteiger partial charge in [-0.15, -0.1) is 10.2 Å². The van der Waals surface area contributed by atoms with Crippen LogP contribution in [0.1, 0.15) is 45.8 Å². The van der Waals surface area contributed by atoms with Gasteiger partial charge in [0, 0.05) is 40.8 Å². The van der Waals surface area contributed by atoms with Crippen molar-refractivity contribution < 1.29 is 14.6 Å². The second-order valence-electron chi connectivity index (χ2n) is 8.68. The third-order valence-corrected chi connectivity index (χ3v) is 6.83. The Morgan fingerprint density at radius 3 is 2.39 bits per heavy atom. The minimum Gasteiger partial charge on any atom is -0.342 e. The van der Waals surface area contributed by atoms with Gasteiger partial charge in [-0.2, -0.15) is 0 Å². The van der Waals surface area contributed by atoms with E-state index in [1.807, 2.05) is 25.1 Å². The largest absolute Gasteiger partial charge is 0.342 e. The number of aryl methyl sites for hydroxylation is 2. The molecule has 0 aliphatic rings. The Morgan fingerprint density at radius 2 is 1.74 bits per heavy atom. The van der Waals surface area contributed by atoms with E-state index in [2.05, 4.69) is 21.6 Å². The Hall–Kier alpha value is -4.58. The SMILES string of the molecule is Cc1cccc(CSc2nnc([C@@H](C)NC(=O)c3ccc(C)c([N+](=O)[O-])c3)n2-c2ccc([N+](=O)[O-])cc2)c1. The van der Waals surface area contributed by atoms with Crippen molar-refractivity contribution in [1.82, 2.24) is 20.1 Å². The average Bonchev–Trinajstić information content (AvgIpc) is 3.31. The third-order valence-electron chi connectivity index (χ3n) is 5.83. The van der Waals surface area contributed by atoms with Gasteiger partial charge in [0.05, 0.1) is 15.9 Å². The first-order valence-electron chi connectivity index (χ1n) is 11.6. The summed E-state index contributed by atoms with van der Waals surface area (Å²) in [6.07, 6.45) is 0. The number of hydrogen-bond donors (Lipinski definition) is 1. The third kappa shape index (κ3) is 5.86. The number of thioether (sulfide) groups is 1. The molecule has 38 heavy (non-hydrogen) atoms. The summed E-state index contributed by atoms with van der Waals surface area (Å²) in [7, 11) is 0. The zero-order chi connectivity index (χ0) is 27.4. The highest BCUT2D eigenvalue weighted by Crippen LogP contribution is 2.29. The Balaban J connectivity index is 1.65. The fourth-order valence-electron chi connectivity index (χ4n) is 3.86. The first-order valence-corrected chi connectivity index (χ1v) is 12.6.